The van der Waals surface area contributed by atoms with E-state index in [1.165, 1.54) is 35.5 Å². The van der Waals surface area contributed by atoms with Gasteiger partial charge < -0.3 is 9.88 Å². The van der Waals surface area contributed by atoms with E-state index in [0.29, 0.717) is 5.11 Å². The van der Waals surface area contributed by atoms with E-state index in [1.807, 2.05) is 13.1 Å². The second-order valence-electron chi connectivity index (χ2n) is 6.16. The first-order chi connectivity index (χ1) is 12.1. The van der Waals surface area contributed by atoms with E-state index in [1.54, 1.807) is 0 Å². The van der Waals surface area contributed by atoms with Crippen molar-refractivity contribution in [2.24, 2.45) is 5.10 Å². The molecule has 0 aliphatic rings. The van der Waals surface area contributed by atoms with Gasteiger partial charge in [0, 0.05) is 29.2 Å². The fourth-order valence-corrected chi connectivity index (χ4v) is 3.07. The summed E-state index contributed by atoms with van der Waals surface area (Å²) in [6.07, 6.45) is 5.43. The third-order valence-corrected chi connectivity index (χ3v) is 4.43. The number of hydrazone groups is 1. The molecule has 0 aliphatic carbocycles. The molecule has 134 valence electrons. The molecule has 4 nitrogen and oxygen atoms in total. The zero-order valence-corrected chi connectivity index (χ0v) is 16.4. The molecule has 0 saturated heterocycles. The molecular weight excluding hydrogens is 328 g/mol. The van der Waals surface area contributed by atoms with Crippen LogP contribution in [0.4, 0.5) is 0 Å². The molecule has 2 rings (SSSR count). The average molecular weight is 357 g/mol. The number of nitrogens with one attached hydrogen (secondary N) is 2. The van der Waals surface area contributed by atoms with Crippen molar-refractivity contribution in [2.45, 2.75) is 47.0 Å². The van der Waals surface area contributed by atoms with Gasteiger partial charge in [0.15, 0.2) is 5.11 Å². The van der Waals surface area contributed by atoms with Crippen LogP contribution in [0.25, 0.3) is 5.69 Å². The minimum Gasteiger partial charge on any atom is -0.362 e. The summed E-state index contributed by atoms with van der Waals surface area (Å²) in [6, 6.07) is 11.0. The molecule has 0 atom stereocenters. The Balaban J connectivity index is 2.15. The molecule has 0 fully saturated rings. The molecule has 0 amide bonds. The van der Waals surface area contributed by atoms with E-state index in [0.717, 1.165) is 18.5 Å². The van der Waals surface area contributed by atoms with Gasteiger partial charge in [0.05, 0.1) is 6.21 Å². The normalized spacial score (nSPS) is 11.0. The highest BCUT2D eigenvalue weighted by molar-refractivity contribution is 7.80. The van der Waals surface area contributed by atoms with Gasteiger partial charge in [-0.3, -0.25) is 5.43 Å². The van der Waals surface area contributed by atoms with Crippen LogP contribution in [-0.4, -0.2) is 22.4 Å². The van der Waals surface area contributed by atoms with Crippen molar-refractivity contribution >= 4 is 23.5 Å². The highest BCUT2D eigenvalue weighted by Crippen LogP contribution is 2.20. The van der Waals surface area contributed by atoms with Crippen molar-refractivity contribution in [1.29, 1.82) is 0 Å². The SMILES string of the molecule is CCCCc1ccc(-n2c(C)cc(/C=N\NC(=S)NCC)c2C)cc1. The summed E-state index contributed by atoms with van der Waals surface area (Å²) in [5.74, 6) is 0. The van der Waals surface area contributed by atoms with Gasteiger partial charge in [-0.05, 0) is 69.6 Å². The van der Waals surface area contributed by atoms with Crippen molar-refractivity contribution in [3.05, 3.63) is 52.8 Å². The first kappa shape index (κ1) is 19.2. The first-order valence-corrected chi connectivity index (χ1v) is 9.32. The van der Waals surface area contributed by atoms with Crippen LogP contribution in [0.1, 0.15) is 49.2 Å². The molecule has 25 heavy (non-hydrogen) atoms. The van der Waals surface area contributed by atoms with Crippen LogP contribution in [-0.2, 0) is 6.42 Å². The van der Waals surface area contributed by atoms with Crippen LogP contribution in [0.5, 0.6) is 0 Å². The fraction of sp³-hybridized carbons (Fsp3) is 0.400. The molecule has 1 aromatic heterocycles. The Morgan fingerprint density at radius 3 is 2.56 bits per heavy atom. The van der Waals surface area contributed by atoms with Crippen molar-refractivity contribution in [1.82, 2.24) is 15.3 Å². The van der Waals surface area contributed by atoms with Gasteiger partial charge >= 0.3 is 0 Å². The minimum atomic E-state index is 0.537. The quantitative estimate of drug-likeness (QED) is 0.443. The first-order valence-electron chi connectivity index (χ1n) is 8.92. The summed E-state index contributed by atoms with van der Waals surface area (Å²) in [6.45, 7) is 9.24. The Morgan fingerprint density at radius 2 is 1.92 bits per heavy atom. The zero-order chi connectivity index (χ0) is 18.2. The largest absolute Gasteiger partial charge is 0.362 e. The van der Waals surface area contributed by atoms with Crippen molar-refractivity contribution in [2.75, 3.05) is 6.54 Å². The maximum atomic E-state index is 5.11. The number of benzene rings is 1. The van der Waals surface area contributed by atoms with E-state index in [-0.39, 0.29) is 0 Å². The number of aryl methyl sites for hydroxylation is 2. The highest BCUT2D eigenvalue weighted by Gasteiger charge is 2.09. The summed E-state index contributed by atoms with van der Waals surface area (Å²) in [5.41, 5.74) is 8.86. The number of unbranched alkanes of at least 4 members (excludes halogenated alkanes) is 1. The second-order valence-corrected chi connectivity index (χ2v) is 6.57. The number of thiocarbonyl (C=S) groups is 1. The van der Waals surface area contributed by atoms with E-state index in [2.05, 4.69) is 71.5 Å². The zero-order valence-electron chi connectivity index (χ0n) is 15.6. The van der Waals surface area contributed by atoms with Crippen LogP contribution in [0.15, 0.2) is 35.4 Å². The molecule has 2 N–H and O–H groups in total. The molecule has 0 bridgehead atoms. The molecule has 1 aromatic carbocycles. The van der Waals surface area contributed by atoms with Gasteiger partial charge in [-0.15, -0.1) is 0 Å². The molecule has 1 heterocycles. The van der Waals surface area contributed by atoms with E-state index in [4.69, 9.17) is 12.2 Å². The molecule has 0 aliphatic heterocycles. The highest BCUT2D eigenvalue weighted by atomic mass is 32.1. The number of nitrogens with zero attached hydrogens (tertiary/aromatic N) is 2. The van der Waals surface area contributed by atoms with Gasteiger partial charge in [0.2, 0.25) is 0 Å². The number of aromatic nitrogens is 1. The summed E-state index contributed by atoms with van der Waals surface area (Å²) in [7, 11) is 0. The van der Waals surface area contributed by atoms with Gasteiger partial charge in [-0.2, -0.15) is 5.10 Å². The summed E-state index contributed by atoms with van der Waals surface area (Å²) >= 11 is 5.11. The Morgan fingerprint density at radius 1 is 1.20 bits per heavy atom. The summed E-state index contributed by atoms with van der Waals surface area (Å²) in [5, 5.41) is 7.77. The average Bonchev–Trinajstić information content (AvgIpc) is 2.88. The molecule has 0 radical (unpaired) electrons. The Kier molecular flexibility index (Phi) is 7.19. The van der Waals surface area contributed by atoms with Crippen LogP contribution in [0.3, 0.4) is 0 Å². The Labute approximate surface area is 156 Å². The van der Waals surface area contributed by atoms with Crippen LogP contribution in [0, 0.1) is 13.8 Å². The maximum absolute atomic E-state index is 5.11. The topological polar surface area (TPSA) is 41.4 Å². The van der Waals surface area contributed by atoms with Gasteiger partial charge in [0.1, 0.15) is 0 Å². The van der Waals surface area contributed by atoms with Crippen molar-refractivity contribution in [3.63, 3.8) is 0 Å². The Bertz CT molecular complexity index is 729. The van der Waals surface area contributed by atoms with Crippen LogP contribution < -0.4 is 10.7 Å². The number of hydrogen-bond acceptors (Lipinski definition) is 2. The second kappa shape index (κ2) is 9.37. The Hall–Kier alpha value is -2.14. The van der Waals surface area contributed by atoms with Gasteiger partial charge in [-0.25, -0.2) is 0 Å². The number of hydrogen-bond donors (Lipinski definition) is 2. The summed E-state index contributed by atoms with van der Waals surface area (Å²) < 4.78 is 2.26. The van der Waals surface area contributed by atoms with Crippen molar-refractivity contribution in [3.8, 4) is 5.69 Å². The maximum Gasteiger partial charge on any atom is 0.186 e. The van der Waals surface area contributed by atoms with Crippen LogP contribution in [0.2, 0.25) is 0 Å². The predicted octanol–water partition coefficient (Wildman–Crippen LogP) is 4.25. The van der Waals surface area contributed by atoms with Gasteiger partial charge in [-0.1, -0.05) is 25.5 Å². The van der Waals surface area contributed by atoms with Crippen LogP contribution >= 0.6 is 12.2 Å². The lowest BCUT2D eigenvalue weighted by Crippen LogP contribution is -2.31. The van der Waals surface area contributed by atoms with Crippen molar-refractivity contribution < 1.29 is 0 Å². The molecule has 0 spiro atoms. The van der Waals surface area contributed by atoms with E-state index < -0.39 is 0 Å². The van der Waals surface area contributed by atoms with E-state index >= 15 is 0 Å². The monoisotopic (exact) mass is 356 g/mol. The lowest BCUT2D eigenvalue weighted by molar-refractivity contribution is 0.794. The fourth-order valence-electron chi connectivity index (χ4n) is 2.87. The molecular formula is C20H28N4S. The third kappa shape index (κ3) is 5.16. The molecule has 0 unspecified atom stereocenters. The molecule has 0 saturated carbocycles. The number of rotatable bonds is 7. The van der Waals surface area contributed by atoms with E-state index in [9.17, 15) is 0 Å². The predicted molar refractivity (Wildman–Crippen MR) is 111 cm³/mol. The third-order valence-electron chi connectivity index (χ3n) is 4.19. The molecule has 5 heteroatoms. The lowest BCUT2D eigenvalue weighted by atomic mass is 10.1. The smallest absolute Gasteiger partial charge is 0.186 e. The molecule has 2 aromatic rings. The van der Waals surface area contributed by atoms with Gasteiger partial charge in [0.25, 0.3) is 0 Å². The standard InChI is InChI=1S/C20H28N4S/c1-5-7-8-17-9-11-19(12-10-17)24-15(3)13-18(16(24)4)14-22-23-20(25)21-6-2/h9-14H,5-8H2,1-4H3,(H2,21,23,25)/b22-14-. The summed E-state index contributed by atoms with van der Waals surface area (Å²) in [4.78, 5) is 0. The lowest BCUT2D eigenvalue weighted by Gasteiger charge is -2.10. The minimum absolute atomic E-state index is 0.537.